The highest BCUT2D eigenvalue weighted by molar-refractivity contribution is 7.52. The Morgan fingerprint density at radius 1 is 1.04 bits per heavy atom. The van der Waals surface area contributed by atoms with Crippen LogP contribution in [0, 0.1) is 10.8 Å². The van der Waals surface area contributed by atoms with Crippen molar-refractivity contribution >= 4 is 43.0 Å². The van der Waals surface area contributed by atoms with Gasteiger partial charge >= 0.3 is 5.97 Å². The van der Waals surface area contributed by atoms with Crippen molar-refractivity contribution in [3.05, 3.63) is 70.7 Å². The summed E-state index contributed by atoms with van der Waals surface area (Å²) in [6.07, 6.45) is 10.3. The lowest BCUT2D eigenvalue weighted by molar-refractivity contribution is -0.159. The highest BCUT2D eigenvalue weighted by Gasteiger charge is 2.24. The number of esters is 1. The molecule has 1 unspecified atom stereocenters. The summed E-state index contributed by atoms with van der Waals surface area (Å²) >= 11 is 1.33. The summed E-state index contributed by atoms with van der Waals surface area (Å²) < 4.78 is 33.8. The van der Waals surface area contributed by atoms with Gasteiger partial charge in [0, 0.05) is 47.5 Å². The molecule has 1 aromatic heterocycles. The summed E-state index contributed by atoms with van der Waals surface area (Å²) in [4.78, 5) is 38.9. The van der Waals surface area contributed by atoms with Crippen molar-refractivity contribution in [1.29, 1.82) is 0 Å². The minimum absolute atomic E-state index is 0.00560. The van der Waals surface area contributed by atoms with E-state index in [2.05, 4.69) is 10.3 Å². The molecule has 0 bridgehead atoms. The van der Waals surface area contributed by atoms with Gasteiger partial charge in [-0.1, -0.05) is 32.9 Å². The van der Waals surface area contributed by atoms with E-state index in [0.29, 0.717) is 34.4 Å². The molecule has 1 aliphatic carbocycles. The van der Waals surface area contributed by atoms with Crippen molar-refractivity contribution < 1.29 is 42.4 Å². The van der Waals surface area contributed by atoms with Crippen LogP contribution < -0.4 is 14.8 Å². The summed E-state index contributed by atoms with van der Waals surface area (Å²) in [6, 6.07) is 5.05. The Kier molecular flexibility index (Phi) is 15.7. The lowest BCUT2D eigenvalue weighted by Gasteiger charge is -2.20. The van der Waals surface area contributed by atoms with E-state index >= 15 is 0 Å². The molecule has 1 aromatic carbocycles. The number of hydrogen-bond acceptors (Lipinski definition) is 11. The number of allylic oxidation sites excluding steroid dienone is 5. The van der Waals surface area contributed by atoms with Crippen molar-refractivity contribution in [3.8, 4) is 11.5 Å². The minimum Gasteiger partial charge on any atom is -0.491 e. The Morgan fingerprint density at radius 3 is 2.30 bits per heavy atom. The van der Waals surface area contributed by atoms with E-state index in [0.717, 1.165) is 11.6 Å². The third kappa shape index (κ3) is 14.8. The van der Waals surface area contributed by atoms with Crippen LogP contribution in [0.2, 0.25) is 0 Å². The zero-order chi connectivity index (χ0) is 34.3. The van der Waals surface area contributed by atoms with Crippen LogP contribution in [0.15, 0.2) is 65.2 Å². The summed E-state index contributed by atoms with van der Waals surface area (Å²) in [5.74, 6) is 0.879. The fourth-order valence-corrected chi connectivity index (χ4v) is 4.80. The second kappa shape index (κ2) is 18.7. The van der Waals surface area contributed by atoms with Crippen LogP contribution in [0.4, 0.5) is 5.13 Å². The number of rotatable bonds is 13. The van der Waals surface area contributed by atoms with Crippen LogP contribution in [0.5, 0.6) is 11.5 Å². The maximum atomic E-state index is 12.9. The normalized spacial score (nSPS) is 13.8. The molecule has 252 valence electrons. The number of carbonyl (C=O) groups excluding carboxylic acids is 3. The number of thiazole rings is 1. The Morgan fingerprint density at radius 2 is 1.72 bits per heavy atom. The van der Waals surface area contributed by atoms with Crippen molar-refractivity contribution in [2.75, 3.05) is 26.0 Å². The summed E-state index contributed by atoms with van der Waals surface area (Å²) in [5, 5.41) is 5.80. The fourth-order valence-electron chi connectivity index (χ4n) is 3.13. The second-order valence-electron chi connectivity index (χ2n) is 12.3. The van der Waals surface area contributed by atoms with Crippen LogP contribution >= 0.6 is 19.7 Å². The van der Waals surface area contributed by atoms with Gasteiger partial charge in [0.2, 0.25) is 8.38 Å². The van der Waals surface area contributed by atoms with Gasteiger partial charge in [-0.3, -0.25) is 19.4 Å². The molecule has 0 spiro atoms. The topological polar surface area (TPSA) is 132 Å². The largest absolute Gasteiger partial charge is 0.491 e. The first kappa shape index (κ1) is 38.8. The molecule has 1 atom stereocenters. The Balaban J connectivity index is 0.00000112. The highest BCUT2D eigenvalue weighted by Crippen LogP contribution is 2.48. The molecule has 0 aliphatic heterocycles. The first-order valence-corrected chi connectivity index (χ1v) is 16.6. The number of benzene rings is 1. The molecular formula is C33H45N2O9PS. The average molecular weight is 677 g/mol. The monoisotopic (exact) mass is 676 g/mol. The third-order valence-electron chi connectivity index (χ3n) is 5.29. The number of amides is 1. The SMILES string of the molecule is CC(C)(C)C=O.COCOP(OCOC(=O)C(C)(C)C)C1=CC=C(Oc2cc(OC(C)C)cc(C(=O)Nc3nccs3)c2)CC=C1. The van der Waals surface area contributed by atoms with Gasteiger partial charge in [-0.2, -0.15) is 0 Å². The molecular weight excluding hydrogens is 631 g/mol. The van der Waals surface area contributed by atoms with Crippen LogP contribution in [0.25, 0.3) is 0 Å². The molecule has 3 rings (SSSR count). The maximum Gasteiger partial charge on any atom is 0.313 e. The van der Waals surface area contributed by atoms with Crippen LogP contribution in [0.3, 0.4) is 0 Å². The van der Waals surface area contributed by atoms with E-state index in [1.165, 1.54) is 18.4 Å². The van der Waals surface area contributed by atoms with Gasteiger partial charge in [0.05, 0.1) is 11.5 Å². The average Bonchev–Trinajstić information content (AvgIpc) is 3.37. The maximum absolute atomic E-state index is 12.9. The van der Waals surface area contributed by atoms with Gasteiger partial charge in [0.1, 0.15) is 23.5 Å². The van der Waals surface area contributed by atoms with E-state index < -0.39 is 13.8 Å². The standard InChI is InChI=1S/C28H35N2O8PS.C5H10O/c1-19(2)37-22-14-20(25(31)30-27-29-12-13-40-27)15-23(16-22)38-21-8-7-9-24(11-10-21)39(35-17-33-6)36-18-34-26(32)28(3,4)5;1-5(2,3)4-6/h7,9-16,19H,8,17-18H2,1-6H3,(H,29,30,31);4H,1-3H3. The van der Waals surface area contributed by atoms with E-state index in [9.17, 15) is 14.4 Å². The van der Waals surface area contributed by atoms with Gasteiger partial charge in [-0.15, -0.1) is 11.3 Å². The smallest absolute Gasteiger partial charge is 0.313 e. The lowest BCUT2D eigenvalue weighted by Crippen LogP contribution is -2.23. The quantitative estimate of drug-likeness (QED) is 0.0963. The zero-order valence-corrected chi connectivity index (χ0v) is 29.7. The number of aldehydes is 1. The Hall–Kier alpha value is -3.41. The number of hydrogen-bond donors (Lipinski definition) is 1. The number of nitrogens with zero attached hydrogens (tertiary/aromatic N) is 1. The number of carbonyl (C=O) groups is 3. The number of methoxy groups -OCH3 is 1. The number of anilines is 1. The zero-order valence-electron chi connectivity index (χ0n) is 27.9. The molecule has 0 saturated carbocycles. The summed E-state index contributed by atoms with van der Waals surface area (Å²) in [6.45, 7) is 14.5. The predicted octanol–water partition coefficient (Wildman–Crippen LogP) is 8.02. The Bertz CT molecular complexity index is 1370. The van der Waals surface area contributed by atoms with Crippen molar-refractivity contribution in [2.45, 2.75) is 67.9 Å². The highest BCUT2D eigenvalue weighted by atomic mass is 32.1. The van der Waals surface area contributed by atoms with Crippen LogP contribution in [0.1, 0.15) is 72.2 Å². The fraction of sp³-hybridized carbons (Fsp3) is 0.455. The van der Waals surface area contributed by atoms with Crippen molar-refractivity contribution in [3.63, 3.8) is 0 Å². The van der Waals surface area contributed by atoms with E-state index in [-0.39, 0.29) is 37.0 Å². The summed E-state index contributed by atoms with van der Waals surface area (Å²) in [7, 11) is -0.0890. The third-order valence-corrected chi connectivity index (χ3v) is 7.38. The molecule has 2 aromatic rings. The molecule has 0 saturated heterocycles. The number of nitrogens with one attached hydrogen (secondary N) is 1. The molecule has 1 amide bonds. The minimum atomic E-state index is -1.60. The van der Waals surface area contributed by atoms with Crippen LogP contribution in [-0.4, -0.2) is 49.9 Å². The molecule has 46 heavy (non-hydrogen) atoms. The van der Waals surface area contributed by atoms with Crippen molar-refractivity contribution in [2.24, 2.45) is 10.8 Å². The number of ether oxygens (including phenoxy) is 4. The first-order valence-electron chi connectivity index (χ1n) is 14.6. The van der Waals surface area contributed by atoms with Gasteiger partial charge in [0.15, 0.2) is 18.7 Å². The van der Waals surface area contributed by atoms with E-state index in [4.69, 9.17) is 28.0 Å². The molecule has 1 heterocycles. The number of aromatic nitrogens is 1. The summed E-state index contributed by atoms with van der Waals surface area (Å²) in [5.41, 5.74) is -0.409. The molecule has 13 heteroatoms. The van der Waals surface area contributed by atoms with Gasteiger partial charge < -0.3 is 28.3 Å². The van der Waals surface area contributed by atoms with Gasteiger partial charge in [0.25, 0.3) is 5.91 Å². The molecule has 11 nitrogen and oxygen atoms in total. The second-order valence-corrected chi connectivity index (χ2v) is 14.7. The Labute approximate surface area is 276 Å². The van der Waals surface area contributed by atoms with Gasteiger partial charge in [-0.05, 0) is 58.9 Å². The molecule has 1 N–H and O–H groups in total. The molecule has 1 aliphatic rings. The predicted molar refractivity (Wildman–Crippen MR) is 180 cm³/mol. The van der Waals surface area contributed by atoms with E-state index in [1.54, 1.807) is 56.6 Å². The molecule has 0 radical (unpaired) electrons. The van der Waals surface area contributed by atoms with Gasteiger partial charge in [-0.25, -0.2) is 4.98 Å². The first-order chi connectivity index (χ1) is 21.6. The van der Waals surface area contributed by atoms with Crippen LogP contribution in [-0.2, 0) is 28.1 Å². The van der Waals surface area contributed by atoms with Crippen molar-refractivity contribution in [1.82, 2.24) is 4.98 Å². The lowest BCUT2D eigenvalue weighted by atomic mass is 9.98. The molecule has 0 fully saturated rings. The van der Waals surface area contributed by atoms with E-state index in [1.807, 2.05) is 52.8 Å².